The standard InChI is InChI=1S/C20H18F2N5O6P/c21-13-5-14(22)7-16(6-13)32-20-24-9-12(10-25-20)4-15-8-18(33-26-15)17-2-1-3-27(19(17)23)11-31-34(28,29)30/h1-3,5-10,19H,4,11,23H2,(H2,28,29,30). The van der Waals surface area contributed by atoms with Crippen LogP contribution in [-0.2, 0) is 15.5 Å². The summed E-state index contributed by atoms with van der Waals surface area (Å²) in [5, 5.41) is 4.00. The molecule has 0 amide bonds. The molecule has 0 saturated carbocycles. The van der Waals surface area contributed by atoms with E-state index in [2.05, 4.69) is 19.6 Å². The van der Waals surface area contributed by atoms with Crippen LogP contribution in [0.1, 0.15) is 17.0 Å². The molecule has 0 radical (unpaired) electrons. The Kier molecular flexibility index (Phi) is 6.82. The summed E-state index contributed by atoms with van der Waals surface area (Å²) < 4.78 is 52.6. The van der Waals surface area contributed by atoms with E-state index in [4.69, 9.17) is 24.8 Å². The van der Waals surface area contributed by atoms with Crippen LogP contribution in [0.4, 0.5) is 8.78 Å². The first-order chi connectivity index (χ1) is 16.2. The molecule has 4 rings (SSSR count). The van der Waals surface area contributed by atoms with Gasteiger partial charge in [-0.25, -0.2) is 23.3 Å². The van der Waals surface area contributed by atoms with Crippen molar-refractivity contribution in [3.05, 3.63) is 83.7 Å². The van der Waals surface area contributed by atoms with Gasteiger partial charge in [0.1, 0.15) is 30.3 Å². The van der Waals surface area contributed by atoms with Gasteiger partial charge in [-0.15, -0.1) is 0 Å². The van der Waals surface area contributed by atoms with E-state index >= 15 is 0 Å². The predicted molar refractivity (Wildman–Crippen MR) is 113 cm³/mol. The zero-order chi connectivity index (χ0) is 24.3. The van der Waals surface area contributed by atoms with Gasteiger partial charge in [0.2, 0.25) is 0 Å². The van der Waals surface area contributed by atoms with Gasteiger partial charge < -0.3 is 29.7 Å². The summed E-state index contributed by atoms with van der Waals surface area (Å²) in [4.78, 5) is 27.2. The normalized spacial score (nSPS) is 16.0. The van der Waals surface area contributed by atoms with Crippen molar-refractivity contribution in [2.45, 2.75) is 12.6 Å². The van der Waals surface area contributed by atoms with E-state index in [-0.39, 0.29) is 11.8 Å². The number of hydrogen-bond donors (Lipinski definition) is 3. The van der Waals surface area contributed by atoms with E-state index in [1.807, 2.05) is 0 Å². The fraction of sp³-hybridized carbons (Fsp3) is 0.150. The number of benzene rings is 1. The van der Waals surface area contributed by atoms with Crippen molar-refractivity contribution >= 4 is 13.4 Å². The molecule has 1 aromatic carbocycles. The Morgan fingerprint density at radius 3 is 2.53 bits per heavy atom. The largest absolute Gasteiger partial charge is 0.471 e. The lowest BCUT2D eigenvalue weighted by molar-refractivity contribution is 0.110. The first-order valence-corrected chi connectivity index (χ1v) is 11.2. The van der Waals surface area contributed by atoms with Crippen LogP contribution in [-0.4, -0.2) is 42.7 Å². The molecule has 34 heavy (non-hydrogen) atoms. The van der Waals surface area contributed by atoms with Crippen molar-refractivity contribution in [2.75, 3.05) is 6.73 Å². The van der Waals surface area contributed by atoms with Crippen molar-refractivity contribution in [1.29, 1.82) is 0 Å². The van der Waals surface area contributed by atoms with Gasteiger partial charge in [-0.05, 0) is 11.6 Å². The maximum absolute atomic E-state index is 13.3. The SMILES string of the molecule is NC1C(c2cc(Cc3cnc(Oc4cc(F)cc(F)c4)nc3)no2)=CC=CN1COP(=O)(O)O. The van der Waals surface area contributed by atoms with E-state index in [1.165, 1.54) is 23.5 Å². The van der Waals surface area contributed by atoms with Crippen LogP contribution in [0, 0.1) is 11.6 Å². The molecule has 1 aliphatic heterocycles. The van der Waals surface area contributed by atoms with E-state index < -0.39 is 32.4 Å². The summed E-state index contributed by atoms with van der Waals surface area (Å²) in [5.74, 6) is -1.27. The monoisotopic (exact) mass is 493 g/mol. The molecule has 1 atom stereocenters. The number of ether oxygens (including phenoxy) is 1. The molecule has 14 heteroatoms. The number of allylic oxidation sites excluding steroid dienone is 2. The predicted octanol–water partition coefficient (Wildman–Crippen LogP) is 2.69. The molecule has 3 heterocycles. The Morgan fingerprint density at radius 1 is 1.15 bits per heavy atom. The van der Waals surface area contributed by atoms with Gasteiger partial charge in [-0.3, -0.25) is 4.52 Å². The first kappa shape index (κ1) is 23.7. The van der Waals surface area contributed by atoms with Crippen molar-refractivity contribution in [1.82, 2.24) is 20.0 Å². The zero-order valence-electron chi connectivity index (χ0n) is 17.3. The Hall–Kier alpha value is -3.48. The Morgan fingerprint density at radius 2 is 1.85 bits per heavy atom. The fourth-order valence-electron chi connectivity index (χ4n) is 3.04. The molecular weight excluding hydrogens is 475 g/mol. The third kappa shape index (κ3) is 6.10. The molecule has 0 spiro atoms. The highest BCUT2D eigenvalue weighted by Crippen LogP contribution is 2.36. The molecule has 0 bridgehead atoms. The van der Waals surface area contributed by atoms with Gasteiger partial charge in [0, 0.05) is 54.9 Å². The average Bonchev–Trinajstić information content (AvgIpc) is 3.21. The number of nitrogens with two attached hydrogens (primary N) is 1. The summed E-state index contributed by atoms with van der Waals surface area (Å²) in [6, 6.07) is 4.32. The Balaban J connectivity index is 1.39. The second-order valence-corrected chi connectivity index (χ2v) is 8.35. The molecular formula is C20H18F2N5O6P. The van der Waals surface area contributed by atoms with Gasteiger partial charge in [-0.2, -0.15) is 0 Å². The van der Waals surface area contributed by atoms with Crippen LogP contribution in [0.15, 0.2) is 59.5 Å². The Labute approximate surface area is 191 Å². The van der Waals surface area contributed by atoms with Gasteiger partial charge in [0.15, 0.2) is 5.76 Å². The molecule has 11 nitrogen and oxygen atoms in total. The number of halogens is 2. The molecule has 0 fully saturated rings. The van der Waals surface area contributed by atoms with Crippen LogP contribution in [0.25, 0.3) is 5.57 Å². The van der Waals surface area contributed by atoms with Crippen molar-refractivity contribution in [3.63, 3.8) is 0 Å². The summed E-state index contributed by atoms with van der Waals surface area (Å²) >= 11 is 0. The highest BCUT2D eigenvalue weighted by Gasteiger charge is 2.25. The van der Waals surface area contributed by atoms with Crippen molar-refractivity contribution in [3.8, 4) is 11.8 Å². The van der Waals surface area contributed by atoms with Crippen LogP contribution in [0.5, 0.6) is 11.8 Å². The lowest BCUT2D eigenvalue weighted by Crippen LogP contribution is -2.41. The van der Waals surface area contributed by atoms with Gasteiger partial charge in [-0.1, -0.05) is 11.2 Å². The van der Waals surface area contributed by atoms with E-state index in [9.17, 15) is 13.3 Å². The van der Waals surface area contributed by atoms with E-state index in [0.717, 1.165) is 18.2 Å². The lowest BCUT2D eigenvalue weighted by Gasteiger charge is -2.30. The molecule has 1 unspecified atom stereocenters. The quantitative estimate of drug-likeness (QED) is 0.396. The maximum atomic E-state index is 13.3. The minimum atomic E-state index is -4.65. The number of phosphoric ester groups is 1. The number of phosphoric acid groups is 1. The first-order valence-electron chi connectivity index (χ1n) is 9.67. The lowest BCUT2D eigenvalue weighted by atomic mass is 10.1. The van der Waals surface area contributed by atoms with Gasteiger partial charge in [0.25, 0.3) is 0 Å². The van der Waals surface area contributed by atoms with Gasteiger partial charge in [0.05, 0.1) is 5.69 Å². The number of aromatic nitrogens is 3. The number of rotatable bonds is 8. The molecule has 0 aliphatic carbocycles. The van der Waals surface area contributed by atoms with Crippen LogP contribution < -0.4 is 10.5 Å². The summed E-state index contributed by atoms with van der Waals surface area (Å²) in [5.41, 5.74) is 7.88. The fourth-order valence-corrected chi connectivity index (χ4v) is 3.32. The average molecular weight is 493 g/mol. The highest BCUT2D eigenvalue weighted by molar-refractivity contribution is 7.46. The minimum Gasteiger partial charge on any atom is -0.424 e. The smallest absolute Gasteiger partial charge is 0.424 e. The molecule has 4 N–H and O–H groups in total. The minimum absolute atomic E-state index is 0.0715. The number of nitrogens with zero attached hydrogens (tertiary/aromatic N) is 4. The van der Waals surface area contributed by atoms with Gasteiger partial charge >= 0.3 is 13.8 Å². The molecule has 1 aliphatic rings. The second-order valence-electron chi connectivity index (χ2n) is 7.11. The van der Waals surface area contributed by atoms with Crippen molar-refractivity contribution in [2.24, 2.45) is 5.73 Å². The summed E-state index contributed by atoms with van der Waals surface area (Å²) in [7, 11) is -4.65. The second kappa shape index (κ2) is 9.79. The van der Waals surface area contributed by atoms with Crippen LogP contribution >= 0.6 is 7.82 Å². The van der Waals surface area contributed by atoms with Crippen LogP contribution in [0.2, 0.25) is 0 Å². The van der Waals surface area contributed by atoms with E-state index in [0.29, 0.717) is 29.0 Å². The van der Waals surface area contributed by atoms with Crippen LogP contribution in [0.3, 0.4) is 0 Å². The third-order valence-corrected chi connectivity index (χ3v) is 5.01. The molecule has 178 valence electrons. The summed E-state index contributed by atoms with van der Waals surface area (Å²) in [6.45, 7) is -0.422. The molecule has 2 aromatic heterocycles. The van der Waals surface area contributed by atoms with E-state index in [1.54, 1.807) is 18.2 Å². The molecule has 0 saturated heterocycles. The maximum Gasteiger partial charge on any atom is 0.471 e. The summed E-state index contributed by atoms with van der Waals surface area (Å²) in [6.07, 6.45) is 7.31. The zero-order valence-corrected chi connectivity index (χ0v) is 18.2. The number of hydrogen-bond acceptors (Lipinski definition) is 9. The Bertz CT molecular complexity index is 1260. The molecule has 3 aromatic rings. The topological polar surface area (TPSA) is 157 Å². The van der Waals surface area contributed by atoms with Crippen molar-refractivity contribution < 1.29 is 36.9 Å². The third-order valence-electron chi connectivity index (χ3n) is 4.56. The highest BCUT2D eigenvalue weighted by atomic mass is 31.2.